The van der Waals surface area contributed by atoms with Crippen LogP contribution >= 0.6 is 11.8 Å². The van der Waals surface area contributed by atoms with Gasteiger partial charge in [-0.3, -0.25) is 4.79 Å². The van der Waals surface area contributed by atoms with Crippen LogP contribution in [0.25, 0.3) is 0 Å². The normalized spacial score (nSPS) is 17.1. The van der Waals surface area contributed by atoms with E-state index >= 15 is 0 Å². The lowest BCUT2D eigenvalue weighted by atomic mass is 10.1. The molecule has 0 spiro atoms. The molecule has 0 unspecified atom stereocenters. The summed E-state index contributed by atoms with van der Waals surface area (Å²) >= 11 is 1.33. The van der Waals surface area contributed by atoms with Crippen molar-refractivity contribution in [3.63, 3.8) is 0 Å². The maximum absolute atomic E-state index is 13.1. The van der Waals surface area contributed by atoms with E-state index < -0.39 is 10.0 Å². The number of thioether (sulfide) groups is 1. The van der Waals surface area contributed by atoms with E-state index in [0.29, 0.717) is 36.2 Å². The summed E-state index contributed by atoms with van der Waals surface area (Å²) in [6, 6.07) is 5.50. The van der Waals surface area contributed by atoms with Crippen molar-refractivity contribution in [2.45, 2.75) is 50.1 Å². The monoisotopic (exact) mass is 460 g/mol. The molecule has 7 nitrogen and oxygen atoms in total. The summed E-state index contributed by atoms with van der Waals surface area (Å²) in [5, 5.41) is 0.603. The van der Waals surface area contributed by atoms with Crippen molar-refractivity contribution in [3.8, 4) is 0 Å². The lowest BCUT2D eigenvalue weighted by molar-refractivity contribution is -0.129. The molecule has 0 radical (unpaired) electrons. The fraction of sp³-hybridized carbons (Fsp3) is 0.500. The molecule has 0 N–H and O–H groups in total. The van der Waals surface area contributed by atoms with E-state index in [1.807, 2.05) is 32.9 Å². The van der Waals surface area contributed by atoms with Gasteiger partial charge in [0.2, 0.25) is 15.9 Å². The molecule has 2 aromatic rings. The molecular formula is C22H28N4O3S2. The zero-order valence-corrected chi connectivity index (χ0v) is 19.9. The van der Waals surface area contributed by atoms with Crippen molar-refractivity contribution in [1.82, 2.24) is 19.2 Å². The average Bonchev–Trinajstić information content (AvgIpc) is 3.23. The molecule has 1 saturated heterocycles. The number of benzene rings is 1. The molecule has 1 aliphatic heterocycles. The van der Waals surface area contributed by atoms with Crippen LogP contribution in [0.5, 0.6) is 0 Å². The van der Waals surface area contributed by atoms with Crippen molar-refractivity contribution in [1.29, 1.82) is 0 Å². The van der Waals surface area contributed by atoms with Gasteiger partial charge in [-0.05, 0) is 68.9 Å². The number of rotatable bonds is 5. The van der Waals surface area contributed by atoms with Gasteiger partial charge < -0.3 is 4.90 Å². The Hall–Kier alpha value is -1.97. The Kier molecular flexibility index (Phi) is 6.37. The van der Waals surface area contributed by atoms with Crippen molar-refractivity contribution >= 4 is 27.7 Å². The molecular weight excluding hydrogens is 432 g/mol. The Morgan fingerprint density at radius 2 is 1.65 bits per heavy atom. The van der Waals surface area contributed by atoms with Gasteiger partial charge in [0, 0.05) is 37.6 Å². The first-order valence-electron chi connectivity index (χ1n) is 10.6. The second-order valence-corrected chi connectivity index (χ2v) is 11.0. The molecule has 1 fully saturated rings. The van der Waals surface area contributed by atoms with Crippen LogP contribution in [0.1, 0.15) is 34.5 Å². The van der Waals surface area contributed by atoms with Gasteiger partial charge in [-0.1, -0.05) is 17.8 Å². The number of sulfonamides is 1. The predicted octanol–water partition coefficient (Wildman–Crippen LogP) is 2.52. The Morgan fingerprint density at radius 1 is 1.00 bits per heavy atom. The Bertz CT molecular complexity index is 1090. The minimum absolute atomic E-state index is 0.0148. The minimum Gasteiger partial charge on any atom is -0.339 e. The maximum Gasteiger partial charge on any atom is 0.243 e. The van der Waals surface area contributed by atoms with E-state index in [2.05, 4.69) is 9.97 Å². The first kappa shape index (κ1) is 22.2. The number of carbonyl (C=O) groups excluding carboxylic acids is 1. The van der Waals surface area contributed by atoms with Crippen LogP contribution in [-0.2, 0) is 27.7 Å². The molecule has 2 aliphatic rings. The second kappa shape index (κ2) is 8.88. The summed E-state index contributed by atoms with van der Waals surface area (Å²) in [6.45, 7) is 7.30. The molecule has 9 heteroatoms. The molecule has 0 atom stereocenters. The molecule has 1 aliphatic carbocycles. The first-order valence-corrected chi connectivity index (χ1v) is 13.0. The number of aryl methyl sites for hydroxylation is 4. The summed E-state index contributed by atoms with van der Waals surface area (Å²) in [6.07, 6.45) is 3.06. The fourth-order valence-corrected chi connectivity index (χ4v) is 6.37. The molecule has 31 heavy (non-hydrogen) atoms. The Labute approximate surface area is 188 Å². The van der Waals surface area contributed by atoms with Gasteiger partial charge in [0.15, 0.2) is 5.16 Å². The minimum atomic E-state index is -3.53. The maximum atomic E-state index is 13.1. The third-order valence-corrected chi connectivity index (χ3v) is 8.96. The number of aromatic nitrogens is 2. The van der Waals surface area contributed by atoms with Crippen LogP contribution in [0.3, 0.4) is 0 Å². The lowest BCUT2D eigenvalue weighted by Crippen LogP contribution is -2.51. The van der Waals surface area contributed by atoms with E-state index in [1.165, 1.54) is 21.6 Å². The quantitative estimate of drug-likeness (QED) is 0.504. The molecule has 0 saturated carbocycles. The van der Waals surface area contributed by atoms with Crippen molar-refractivity contribution in [2.24, 2.45) is 0 Å². The SMILES string of the molecule is Cc1nc(SCC(=O)N2CCN(S(=O)(=O)c3ccc4c(c3)CCC4)CC2)nc(C)c1C. The number of hydrogen-bond acceptors (Lipinski definition) is 6. The Balaban J connectivity index is 1.34. The fourth-order valence-electron chi connectivity index (χ4n) is 4.06. The van der Waals surface area contributed by atoms with Gasteiger partial charge in [-0.15, -0.1) is 0 Å². The number of piperazine rings is 1. The second-order valence-electron chi connectivity index (χ2n) is 8.16. The van der Waals surface area contributed by atoms with Gasteiger partial charge >= 0.3 is 0 Å². The highest BCUT2D eigenvalue weighted by Crippen LogP contribution is 2.27. The summed E-state index contributed by atoms with van der Waals surface area (Å²) < 4.78 is 27.6. The molecule has 166 valence electrons. The summed E-state index contributed by atoms with van der Waals surface area (Å²) in [5.74, 6) is 0.235. The molecule has 2 heterocycles. The average molecular weight is 461 g/mol. The predicted molar refractivity (Wildman–Crippen MR) is 121 cm³/mol. The van der Waals surface area contributed by atoms with Gasteiger partial charge in [0.05, 0.1) is 10.6 Å². The highest BCUT2D eigenvalue weighted by atomic mass is 32.2. The smallest absolute Gasteiger partial charge is 0.243 e. The molecule has 1 aromatic heterocycles. The molecule has 0 bridgehead atoms. The number of carbonyl (C=O) groups is 1. The zero-order chi connectivity index (χ0) is 22.2. The van der Waals surface area contributed by atoms with E-state index in [-0.39, 0.29) is 11.7 Å². The van der Waals surface area contributed by atoms with Crippen LogP contribution in [0.4, 0.5) is 0 Å². The van der Waals surface area contributed by atoms with Gasteiger partial charge in [-0.25, -0.2) is 18.4 Å². The van der Waals surface area contributed by atoms with Gasteiger partial charge in [0.25, 0.3) is 0 Å². The van der Waals surface area contributed by atoms with Crippen molar-refractivity contribution in [3.05, 3.63) is 46.3 Å². The third kappa shape index (κ3) is 4.63. The van der Waals surface area contributed by atoms with Crippen LogP contribution in [-0.4, -0.2) is 65.4 Å². The zero-order valence-electron chi connectivity index (χ0n) is 18.2. The van der Waals surface area contributed by atoms with E-state index in [9.17, 15) is 13.2 Å². The van der Waals surface area contributed by atoms with Crippen molar-refractivity contribution < 1.29 is 13.2 Å². The third-order valence-electron chi connectivity index (χ3n) is 6.24. The highest BCUT2D eigenvalue weighted by molar-refractivity contribution is 7.99. The topological polar surface area (TPSA) is 83.5 Å². The van der Waals surface area contributed by atoms with E-state index in [1.54, 1.807) is 11.0 Å². The van der Waals surface area contributed by atoms with Crippen LogP contribution < -0.4 is 0 Å². The number of amides is 1. The van der Waals surface area contributed by atoms with Crippen LogP contribution in [0, 0.1) is 20.8 Å². The summed E-state index contributed by atoms with van der Waals surface area (Å²) in [7, 11) is -3.53. The number of nitrogens with zero attached hydrogens (tertiary/aromatic N) is 4. The lowest BCUT2D eigenvalue weighted by Gasteiger charge is -2.34. The van der Waals surface area contributed by atoms with Crippen LogP contribution in [0.15, 0.2) is 28.3 Å². The largest absolute Gasteiger partial charge is 0.339 e. The summed E-state index contributed by atoms with van der Waals surface area (Å²) in [5.41, 5.74) is 5.32. The van der Waals surface area contributed by atoms with Crippen molar-refractivity contribution in [2.75, 3.05) is 31.9 Å². The summed E-state index contributed by atoms with van der Waals surface area (Å²) in [4.78, 5) is 23.6. The standard InChI is InChI=1S/C22H28N4O3S2/c1-15-16(2)23-22(24-17(15)3)30-14-21(27)25-9-11-26(12-10-25)31(28,29)20-8-7-18-5-4-6-19(18)13-20/h7-8,13H,4-6,9-12,14H2,1-3H3. The van der Waals surface area contributed by atoms with E-state index in [0.717, 1.165) is 41.8 Å². The van der Waals surface area contributed by atoms with Gasteiger partial charge in [-0.2, -0.15) is 4.31 Å². The highest BCUT2D eigenvalue weighted by Gasteiger charge is 2.31. The van der Waals surface area contributed by atoms with Crippen LogP contribution in [0.2, 0.25) is 0 Å². The number of hydrogen-bond donors (Lipinski definition) is 0. The Morgan fingerprint density at radius 3 is 2.32 bits per heavy atom. The first-order chi connectivity index (χ1) is 14.8. The molecule has 1 aromatic carbocycles. The van der Waals surface area contributed by atoms with E-state index in [4.69, 9.17) is 0 Å². The molecule has 4 rings (SSSR count). The molecule has 1 amide bonds. The number of fused-ring (bicyclic) bond motifs is 1. The van der Waals surface area contributed by atoms with Gasteiger partial charge in [0.1, 0.15) is 0 Å².